The number of para-hydroxylation sites is 3. The van der Waals surface area contributed by atoms with Crippen molar-refractivity contribution in [2.75, 3.05) is 18.2 Å². The molecule has 140 valence electrons. The van der Waals surface area contributed by atoms with Gasteiger partial charge in [-0.1, -0.05) is 36.4 Å². The Hall–Kier alpha value is -3.80. The van der Waals surface area contributed by atoms with Crippen molar-refractivity contribution in [1.29, 1.82) is 0 Å². The van der Waals surface area contributed by atoms with Crippen molar-refractivity contribution in [3.05, 3.63) is 84.1 Å². The predicted octanol–water partition coefficient (Wildman–Crippen LogP) is 3.93. The van der Waals surface area contributed by atoms with Gasteiger partial charge in [0.2, 0.25) is 0 Å². The third kappa shape index (κ3) is 3.40. The molecule has 1 amide bonds. The van der Waals surface area contributed by atoms with E-state index in [4.69, 9.17) is 10.5 Å². The number of carbonyl (C=O) groups excluding carboxylic acids is 1. The maximum absolute atomic E-state index is 12.5. The lowest BCUT2D eigenvalue weighted by molar-refractivity contribution is 0.102. The second kappa shape index (κ2) is 7.44. The molecule has 0 aliphatic carbocycles. The first kappa shape index (κ1) is 17.6. The average molecular weight is 372 g/mol. The Morgan fingerprint density at radius 2 is 1.86 bits per heavy atom. The summed E-state index contributed by atoms with van der Waals surface area (Å²) >= 11 is 0. The second-order valence-corrected chi connectivity index (χ2v) is 6.44. The molecule has 3 aromatic carbocycles. The Morgan fingerprint density at radius 1 is 1.07 bits per heavy atom. The molecule has 0 saturated carbocycles. The topological polar surface area (TPSA) is 82.2 Å². The number of benzene rings is 3. The van der Waals surface area contributed by atoms with Crippen LogP contribution in [0.25, 0.3) is 10.9 Å². The largest absolute Gasteiger partial charge is 0.494 e. The van der Waals surface area contributed by atoms with Crippen LogP contribution in [-0.4, -0.2) is 22.8 Å². The lowest BCUT2D eigenvalue weighted by Crippen LogP contribution is -2.13. The van der Waals surface area contributed by atoms with Gasteiger partial charge in [-0.2, -0.15) is 5.10 Å². The van der Waals surface area contributed by atoms with E-state index in [1.165, 1.54) is 0 Å². The van der Waals surface area contributed by atoms with E-state index in [9.17, 15) is 4.79 Å². The zero-order chi connectivity index (χ0) is 19.5. The fourth-order valence-corrected chi connectivity index (χ4v) is 3.13. The van der Waals surface area contributed by atoms with Crippen molar-refractivity contribution in [3.8, 4) is 5.75 Å². The fourth-order valence-electron chi connectivity index (χ4n) is 3.13. The van der Waals surface area contributed by atoms with Crippen LogP contribution in [0.2, 0.25) is 0 Å². The molecule has 4 aromatic rings. The summed E-state index contributed by atoms with van der Waals surface area (Å²) in [7, 11) is 1.65. The van der Waals surface area contributed by atoms with Gasteiger partial charge in [0.05, 0.1) is 31.2 Å². The van der Waals surface area contributed by atoms with E-state index in [2.05, 4.69) is 10.4 Å². The van der Waals surface area contributed by atoms with Crippen LogP contribution in [0.1, 0.15) is 15.9 Å². The van der Waals surface area contributed by atoms with Gasteiger partial charge in [0.15, 0.2) is 0 Å². The van der Waals surface area contributed by atoms with Gasteiger partial charge in [0.25, 0.3) is 5.91 Å². The maximum atomic E-state index is 12.5. The molecule has 3 N–H and O–H groups in total. The molecule has 28 heavy (non-hydrogen) atoms. The summed E-state index contributed by atoms with van der Waals surface area (Å²) in [5.41, 5.74) is 9.57. The van der Waals surface area contributed by atoms with E-state index in [1.807, 2.05) is 53.3 Å². The van der Waals surface area contributed by atoms with Gasteiger partial charge in [-0.15, -0.1) is 0 Å². The molecular formula is C22H20N4O2. The highest BCUT2D eigenvalue weighted by atomic mass is 16.5. The maximum Gasteiger partial charge on any atom is 0.255 e. The van der Waals surface area contributed by atoms with E-state index in [1.54, 1.807) is 31.4 Å². The number of hydrogen-bond acceptors (Lipinski definition) is 4. The molecule has 0 fully saturated rings. The quantitative estimate of drug-likeness (QED) is 0.520. The molecule has 1 heterocycles. The van der Waals surface area contributed by atoms with Gasteiger partial charge in [-0.3, -0.25) is 9.48 Å². The second-order valence-electron chi connectivity index (χ2n) is 6.44. The first-order valence-corrected chi connectivity index (χ1v) is 8.89. The SMILES string of the molecule is COc1cccc2cnn(Cc3ccc(C(=O)Nc4ccccc4N)cc3)c12. The molecule has 0 spiro atoms. The number of aromatic nitrogens is 2. The molecule has 1 aromatic heterocycles. The lowest BCUT2D eigenvalue weighted by atomic mass is 10.1. The average Bonchev–Trinajstić information content (AvgIpc) is 3.13. The van der Waals surface area contributed by atoms with Crippen LogP contribution in [-0.2, 0) is 6.54 Å². The summed E-state index contributed by atoms with van der Waals surface area (Å²) in [5, 5.41) is 8.32. The van der Waals surface area contributed by atoms with Crippen LogP contribution in [0.3, 0.4) is 0 Å². The molecule has 0 saturated heterocycles. The summed E-state index contributed by atoms with van der Waals surface area (Å²) in [5.74, 6) is 0.585. The number of methoxy groups -OCH3 is 1. The van der Waals surface area contributed by atoms with Crippen molar-refractivity contribution in [2.24, 2.45) is 0 Å². The Kier molecular flexibility index (Phi) is 4.68. The molecule has 6 nitrogen and oxygen atoms in total. The number of nitrogens with two attached hydrogens (primary N) is 1. The molecule has 0 radical (unpaired) electrons. The minimum atomic E-state index is -0.198. The Labute approximate surface area is 162 Å². The van der Waals surface area contributed by atoms with Gasteiger partial charge in [-0.05, 0) is 35.9 Å². The highest BCUT2D eigenvalue weighted by Gasteiger charge is 2.11. The Balaban J connectivity index is 1.53. The number of fused-ring (bicyclic) bond motifs is 1. The van der Waals surface area contributed by atoms with Crippen molar-refractivity contribution in [1.82, 2.24) is 9.78 Å². The lowest BCUT2D eigenvalue weighted by Gasteiger charge is -2.10. The summed E-state index contributed by atoms with van der Waals surface area (Å²) in [6.45, 7) is 0.581. The minimum Gasteiger partial charge on any atom is -0.494 e. The third-order valence-electron chi connectivity index (χ3n) is 4.60. The normalized spacial score (nSPS) is 10.8. The van der Waals surface area contributed by atoms with Crippen molar-refractivity contribution in [2.45, 2.75) is 6.54 Å². The summed E-state index contributed by atoms with van der Waals surface area (Å²) in [6, 6.07) is 20.5. The fraction of sp³-hybridized carbons (Fsp3) is 0.0909. The first-order valence-electron chi connectivity index (χ1n) is 8.89. The van der Waals surface area contributed by atoms with Crippen molar-refractivity contribution >= 4 is 28.2 Å². The Bertz CT molecular complexity index is 1130. The zero-order valence-electron chi connectivity index (χ0n) is 15.4. The number of rotatable bonds is 5. The van der Waals surface area contributed by atoms with Crippen LogP contribution in [0.15, 0.2) is 72.9 Å². The summed E-state index contributed by atoms with van der Waals surface area (Å²) in [6.07, 6.45) is 1.82. The van der Waals surface area contributed by atoms with Crippen LogP contribution in [0.5, 0.6) is 5.75 Å². The number of nitrogens with zero attached hydrogens (tertiary/aromatic N) is 2. The van der Waals surface area contributed by atoms with Crippen LogP contribution in [0.4, 0.5) is 11.4 Å². The molecule has 0 unspecified atom stereocenters. The molecule has 0 aliphatic heterocycles. The smallest absolute Gasteiger partial charge is 0.255 e. The van der Waals surface area contributed by atoms with Crippen LogP contribution in [0, 0.1) is 0 Å². The number of nitrogens with one attached hydrogen (secondary N) is 1. The van der Waals surface area contributed by atoms with Crippen molar-refractivity contribution in [3.63, 3.8) is 0 Å². The highest BCUT2D eigenvalue weighted by molar-refractivity contribution is 6.05. The monoisotopic (exact) mass is 372 g/mol. The number of amides is 1. The predicted molar refractivity (Wildman–Crippen MR) is 111 cm³/mol. The van der Waals surface area contributed by atoms with Gasteiger partial charge >= 0.3 is 0 Å². The Morgan fingerprint density at radius 3 is 2.61 bits per heavy atom. The van der Waals surface area contributed by atoms with E-state index in [-0.39, 0.29) is 5.91 Å². The first-order chi connectivity index (χ1) is 13.7. The summed E-state index contributed by atoms with van der Waals surface area (Å²) in [4.78, 5) is 12.5. The van der Waals surface area contributed by atoms with Gasteiger partial charge in [-0.25, -0.2) is 0 Å². The van der Waals surface area contributed by atoms with Crippen LogP contribution < -0.4 is 15.8 Å². The summed E-state index contributed by atoms with van der Waals surface area (Å²) < 4.78 is 7.35. The number of nitrogen functional groups attached to an aromatic ring is 1. The highest BCUT2D eigenvalue weighted by Crippen LogP contribution is 2.25. The number of ether oxygens (including phenoxy) is 1. The number of hydrogen-bond donors (Lipinski definition) is 2. The molecule has 0 bridgehead atoms. The molecular weight excluding hydrogens is 352 g/mol. The molecule has 0 atom stereocenters. The van der Waals surface area contributed by atoms with Gasteiger partial charge < -0.3 is 15.8 Å². The van der Waals surface area contributed by atoms with E-state index < -0.39 is 0 Å². The standard InChI is InChI=1S/C22H20N4O2/c1-28-20-8-4-5-17-13-24-26(21(17)20)14-15-9-11-16(12-10-15)22(27)25-19-7-3-2-6-18(19)23/h2-13H,14,23H2,1H3,(H,25,27). The van der Waals surface area contributed by atoms with E-state index in [0.29, 0.717) is 23.5 Å². The number of carbonyl (C=O) groups is 1. The van der Waals surface area contributed by atoms with Crippen LogP contribution >= 0.6 is 0 Å². The van der Waals surface area contributed by atoms with Gasteiger partial charge in [0.1, 0.15) is 11.3 Å². The van der Waals surface area contributed by atoms with E-state index in [0.717, 1.165) is 22.2 Å². The molecule has 0 aliphatic rings. The zero-order valence-corrected chi connectivity index (χ0v) is 15.4. The minimum absolute atomic E-state index is 0.198. The van der Waals surface area contributed by atoms with Crippen molar-refractivity contribution < 1.29 is 9.53 Å². The molecule has 6 heteroatoms. The third-order valence-corrected chi connectivity index (χ3v) is 4.60. The van der Waals surface area contributed by atoms with Gasteiger partial charge in [0, 0.05) is 10.9 Å². The van der Waals surface area contributed by atoms with E-state index >= 15 is 0 Å². The number of anilines is 2. The molecule has 4 rings (SSSR count).